The minimum atomic E-state index is 0.487. The Labute approximate surface area is 270 Å². The van der Waals surface area contributed by atoms with Gasteiger partial charge in [-0.15, -0.1) is 0 Å². The summed E-state index contributed by atoms with van der Waals surface area (Å²) in [6.07, 6.45) is 10.5. The van der Waals surface area contributed by atoms with Crippen molar-refractivity contribution in [1.29, 1.82) is 0 Å². The summed E-state index contributed by atoms with van der Waals surface area (Å²) in [5, 5.41) is 6.91. The number of rotatable bonds is 10. The zero-order valence-corrected chi connectivity index (χ0v) is 27.8. The molecule has 2 aliphatic heterocycles. The van der Waals surface area contributed by atoms with Crippen molar-refractivity contribution in [1.82, 2.24) is 29.7 Å². The number of hydrogen-bond acceptors (Lipinski definition) is 12. The van der Waals surface area contributed by atoms with Crippen LogP contribution in [0.1, 0.15) is 25.3 Å². The standard InChI is InChI=1S/C33H44N10OS/c1-6-23-21-27(29(44-4)22-28(23)43-15-10-24(11-16-43)42-19-17-40(2)18-20-42)38-33-36-12-9-30(39-33)37-26-8-7-25-31(35-14-13-34-25)32(26)41(3)45-5/h7-9,12-14,21-22,24H,6,10-11,15-20H2,1-5H3,(H2,36,37,38,39). The highest BCUT2D eigenvalue weighted by Crippen LogP contribution is 2.38. The van der Waals surface area contributed by atoms with Gasteiger partial charge in [0.2, 0.25) is 5.95 Å². The summed E-state index contributed by atoms with van der Waals surface area (Å²) < 4.78 is 7.98. The van der Waals surface area contributed by atoms with Crippen LogP contribution >= 0.6 is 11.9 Å². The van der Waals surface area contributed by atoms with E-state index >= 15 is 0 Å². The van der Waals surface area contributed by atoms with Crippen LogP contribution in [0.15, 0.2) is 48.9 Å². The molecular weight excluding hydrogens is 584 g/mol. The molecule has 238 valence electrons. The molecular formula is C33H44N10OS. The molecule has 4 aromatic rings. The first-order valence-electron chi connectivity index (χ1n) is 15.7. The fraction of sp³-hybridized carbons (Fsp3) is 0.455. The molecule has 12 heteroatoms. The fourth-order valence-electron chi connectivity index (χ4n) is 6.40. The topological polar surface area (TPSA) is 97.8 Å². The number of ether oxygens (including phenoxy) is 1. The van der Waals surface area contributed by atoms with Crippen LogP contribution in [0.4, 0.5) is 34.5 Å². The second-order valence-corrected chi connectivity index (χ2v) is 12.6. The Morgan fingerprint density at radius 2 is 1.71 bits per heavy atom. The second-order valence-electron chi connectivity index (χ2n) is 11.7. The number of methoxy groups -OCH3 is 1. The number of fused-ring (bicyclic) bond motifs is 1. The minimum absolute atomic E-state index is 0.487. The van der Waals surface area contributed by atoms with E-state index in [1.807, 2.05) is 31.5 Å². The van der Waals surface area contributed by atoms with Crippen LogP contribution < -0.4 is 24.6 Å². The first kappa shape index (κ1) is 31.1. The largest absolute Gasteiger partial charge is 0.494 e. The molecule has 0 unspecified atom stereocenters. The van der Waals surface area contributed by atoms with E-state index in [9.17, 15) is 0 Å². The molecule has 0 aliphatic carbocycles. The quantitative estimate of drug-likeness (QED) is 0.220. The zero-order chi connectivity index (χ0) is 31.3. The Kier molecular flexibility index (Phi) is 9.72. The molecule has 2 N–H and O–H groups in total. The van der Waals surface area contributed by atoms with Gasteiger partial charge in [0.25, 0.3) is 0 Å². The first-order valence-corrected chi connectivity index (χ1v) is 16.9. The third-order valence-corrected chi connectivity index (χ3v) is 9.74. The van der Waals surface area contributed by atoms with Crippen LogP contribution in [0.2, 0.25) is 0 Å². The summed E-state index contributed by atoms with van der Waals surface area (Å²) in [7, 11) is 5.96. The van der Waals surface area contributed by atoms with Gasteiger partial charge in [-0.3, -0.25) is 14.9 Å². The Morgan fingerprint density at radius 3 is 2.44 bits per heavy atom. The molecule has 0 saturated carbocycles. The van der Waals surface area contributed by atoms with Crippen LogP contribution in [0.5, 0.6) is 5.75 Å². The molecule has 2 aromatic heterocycles. The number of aryl methyl sites for hydroxylation is 1. The average molecular weight is 629 g/mol. The van der Waals surface area contributed by atoms with E-state index in [1.165, 1.54) is 50.3 Å². The Morgan fingerprint density at radius 1 is 0.933 bits per heavy atom. The lowest BCUT2D eigenvalue weighted by Crippen LogP contribution is -2.52. The van der Waals surface area contributed by atoms with E-state index < -0.39 is 0 Å². The summed E-state index contributed by atoms with van der Waals surface area (Å²) in [5.41, 5.74) is 6.89. The van der Waals surface area contributed by atoms with Gasteiger partial charge >= 0.3 is 0 Å². The lowest BCUT2D eigenvalue weighted by molar-refractivity contribution is 0.0982. The molecule has 11 nitrogen and oxygen atoms in total. The van der Waals surface area contributed by atoms with Crippen molar-refractivity contribution in [3.63, 3.8) is 0 Å². The number of piperazine rings is 1. The van der Waals surface area contributed by atoms with Crippen molar-refractivity contribution >= 4 is 57.5 Å². The summed E-state index contributed by atoms with van der Waals surface area (Å²) >= 11 is 1.61. The SMILES string of the molecule is CCc1cc(Nc2nccc(Nc3ccc4nccnc4c3N(C)SC)n2)c(OC)cc1N1CCC(N2CCN(C)CC2)CC1. The molecule has 0 bridgehead atoms. The summed E-state index contributed by atoms with van der Waals surface area (Å²) in [6.45, 7) is 9.04. The molecule has 45 heavy (non-hydrogen) atoms. The van der Waals surface area contributed by atoms with Crippen molar-refractivity contribution in [3.8, 4) is 5.75 Å². The number of likely N-dealkylation sites (N-methyl/N-ethyl adjacent to an activating group) is 1. The molecule has 6 rings (SSSR count). The number of nitrogens with one attached hydrogen (secondary N) is 2. The highest BCUT2D eigenvalue weighted by molar-refractivity contribution is 7.99. The maximum atomic E-state index is 5.90. The lowest BCUT2D eigenvalue weighted by Gasteiger charge is -2.43. The highest BCUT2D eigenvalue weighted by atomic mass is 32.2. The molecule has 0 spiro atoms. The van der Waals surface area contributed by atoms with Crippen LogP contribution in [0, 0.1) is 0 Å². The molecule has 0 atom stereocenters. The number of anilines is 6. The summed E-state index contributed by atoms with van der Waals surface area (Å²) in [5.74, 6) is 1.94. The van der Waals surface area contributed by atoms with E-state index in [0.29, 0.717) is 17.8 Å². The van der Waals surface area contributed by atoms with Gasteiger partial charge in [-0.1, -0.05) is 18.9 Å². The predicted molar refractivity (Wildman–Crippen MR) is 187 cm³/mol. The van der Waals surface area contributed by atoms with Gasteiger partial charge in [0.05, 0.1) is 29.7 Å². The molecule has 2 aromatic carbocycles. The van der Waals surface area contributed by atoms with Crippen LogP contribution in [-0.4, -0.2) is 103 Å². The van der Waals surface area contributed by atoms with Crippen LogP contribution in [0.3, 0.4) is 0 Å². The first-order chi connectivity index (χ1) is 22.0. The number of hydrogen-bond donors (Lipinski definition) is 2. The summed E-state index contributed by atoms with van der Waals surface area (Å²) in [6, 6.07) is 10.9. The van der Waals surface area contributed by atoms with Gasteiger partial charge in [-0.25, -0.2) is 4.98 Å². The number of piperidine rings is 1. The maximum absolute atomic E-state index is 5.90. The smallest absolute Gasteiger partial charge is 0.229 e. The van der Waals surface area contributed by atoms with Gasteiger partial charge in [-0.2, -0.15) is 4.98 Å². The molecule has 2 aliphatic rings. The van der Waals surface area contributed by atoms with Crippen LogP contribution in [-0.2, 0) is 6.42 Å². The highest BCUT2D eigenvalue weighted by Gasteiger charge is 2.28. The molecule has 2 fully saturated rings. The van der Waals surface area contributed by atoms with Crippen molar-refractivity contribution in [2.45, 2.75) is 32.2 Å². The van der Waals surface area contributed by atoms with E-state index in [2.05, 4.69) is 70.7 Å². The van der Waals surface area contributed by atoms with Gasteiger partial charge in [0, 0.05) is 89.0 Å². The van der Waals surface area contributed by atoms with Gasteiger partial charge < -0.3 is 29.5 Å². The van der Waals surface area contributed by atoms with Crippen LogP contribution in [0.25, 0.3) is 11.0 Å². The monoisotopic (exact) mass is 628 g/mol. The number of benzene rings is 2. The Hall–Kier alpha value is -3.87. The van der Waals surface area contributed by atoms with Crippen molar-refractivity contribution in [2.75, 3.05) is 86.6 Å². The average Bonchev–Trinajstić information content (AvgIpc) is 3.08. The third-order valence-electron chi connectivity index (χ3n) is 9.01. The predicted octanol–water partition coefficient (Wildman–Crippen LogP) is 5.41. The molecule has 2 saturated heterocycles. The van der Waals surface area contributed by atoms with Gasteiger partial charge in [-0.05, 0) is 56.1 Å². The Balaban J connectivity index is 1.19. The van der Waals surface area contributed by atoms with Gasteiger partial charge in [0.15, 0.2) is 0 Å². The van der Waals surface area contributed by atoms with Crippen molar-refractivity contribution in [2.24, 2.45) is 0 Å². The van der Waals surface area contributed by atoms with Crippen molar-refractivity contribution < 1.29 is 4.74 Å². The van der Waals surface area contributed by atoms with E-state index in [0.717, 1.165) is 53.4 Å². The van der Waals surface area contributed by atoms with E-state index in [4.69, 9.17) is 9.72 Å². The lowest BCUT2D eigenvalue weighted by atomic mass is 9.99. The zero-order valence-electron chi connectivity index (χ0n) is 27.0. The summed E-state index contributed by atoms with van der Waals surface area (Å²) in [4.78, 5) is 26.1. The molecule has 0 radical (unpaired) electrons. The second kappa shape index (κ2) is 14.1. The van der Waals surface area contributed by atoms with E-state index in [1.54, 1.807) is 37.6 Å². The molecule has 4 heterocycles. The number of nitrogens with zero attached hydrogens (tertiary/aromatic N) is 8. The minimum Gasteiger partial charge on any atom is -0.494 e. The van der Waals surface area contributed by atoms with Gasteiger partial charge in [0.1, 0.15) is 17.1 Å². The maximum Gasteiger partial charge on any atom is 0.229 e. The number of aromatic nitrogens is 4. The normalized spacial score (nSPS) is 16.6. The Bertz CT molecular complexity index is 1600. The fourth-order valence-corrected chi connectivity index (χ4v) is 6.76. The van der Waals surface area contributed by atoms with E-state index in [-0.39, 0.29) is 0 Å². The third kappa shape index (κ3) is 6.87. The van der Waals surface area contributed by atoms with Crippen molar-refractivity contribution in [3.05, 3.63) is 54.5 Å². The molecule has 0 amide bonds.